The molecular weight excluding hydrogens is 364 g/mol. The third kappa shape index (κ3) is 6.34. The van der Waals surface area contributed by atoms with Crippen LogP contribution in [0.25, 0.3) is 0 Å². The number of benzene rings is 2. The van der Waals surface area contributed by atoms with Crippen LogP contribution < -0.4 is 10.1 Å². The average Bonchev–Trinajstić information content (AvgIpc) is 2.77. The molecule has 1 N–H and O–H groups in total. The van der Waals surface area contributed by atoms with Crippen LogP contribution in [0, 0.1) is 5.92 Å². The fraction of sp³-hybridized carbons (Fsp3) is 0.417. The van der Waals surface area contributed by atoms with E-state index in [1.165, 1.54) is 0 Å². The van der Waals surface area contributed by atoms with Crippen LogP contribution in [0.1, 0.15) is 43.7 Å². The number of hydrogen-bond donors (Lipinski definition) is 1. The molecule has 0 unspecified atom stereocenters. The van der Waals surface area contributed by atoms with E-state index in [9.17, 15) is 9.59 Å². The van der Waals surface area contributed by atoms with Crippen LogP contribution in [0.3, 0.4) is 0 Å². The van der Waals surface area contributed by atoms with E-state index in [4.69, 9.17) is 4.74 Å². The quantitative estimate of drug-likeness (QED) is 0.738. The van der Waals surface area contributed by atoms with Gasteiger partial charge in [0, 0.05) is 32.0 Å². The molecule has 2 aromatic carbocycles. The molecule has 29 heavy (non-hydrogen) atoms. The molecular formula is C24H30N2O3. The molecule has 1 saturated heterocycles. The SMILES string of the molecule is CCCC(=O)N1CCC(C(=O)NCc2cccc(OCc3ccccc3)c2)CC1. The largest absolute Gasteiger partial charge is 0.489 e. The fourth-order valence-corrected chi connectivity index (χ4v) is 3.58. The molecule has 0 atom stereocenters. The lowest BCUT2D eigenvalue weighted by atomic mass is 9.95. The van der Waals surface area contributed by atoms with Crippen molar-refractivity contribution in [3.05, 3.63) is 65.7 Å². The molecule has 5 heteroatoms. The normalized spacial score (nSPS) is 14.4. The second-order valence-corrected chi connectivity index (χ2v) is 7.54. The van der Waals surface area contributed by atoms with Gasteiger partial charge >= 0.3 is 0 Å². The van der Waals surface area contributed by atoms with Gasteiger partial charge in [-0.1, -0.05) is 49.4 Å². The fourth-order valence-electron chi connectivity index (χ4n) is 3.58. The van der Waals surface area contributed by atoms with Gasteiger partial charge in [0.1, 0.15) is 12.4 Å². The molecule has 1 fully saturated rings. The number of ether oxygens (including phenoxy) is 1. The van der Waals surface area contributed by atoms with E-state index in [2.05, 4.69) is 5.32 Å². The number of nitrogens with zero attached hydrogens (tertiary/aromatic N) is 1. The van der Waals surface area contributed by atoms with Crippen LogP contribution in [0.5, 0.6) is 5.75 Å². The molecule has 2 aromatic rings. The maximum atomic E-state index is 12.5. The Morgan fingerprint density at radius 3 is 2.48 bits per heavy atom. The first kappa shape index (κ1) is 20.9. The predicted molar refractivity (Wildman–Crippen MR) is 113 cm³/mol. The van der Waals surface area contributed by atoms with Crippen molar-refractivity contribution in [3.8, 4) is 5.75 Å². The number of nitrogens with one attached hydrogen (secondary N) is 1. The first-order valence-corrected chi connectivity index (χ1v) is 10.5. The summed E-state index contributed by atoms with van der Waals surface area (Å²) in [5.74, 6) is 1.06. The number of carbonyl (C=O) groups excluding carboxylic acids is 2. The number of hydrogen-bond acceptors (Lipinski definition) is 3. The molecule has 0 spiro atoms. The van der Waals surface area contributed by atoms with E-state index < -0.39 is 0 Å². The maximum Gasteiger partial charge on any atom is 0.223 e. The topological polar surface area (TPSA) is 58.6 Å². The zero-order chi connectivity index (χ0) is 20.5. The van der Waals surface area contributed by atoms with Gasteiger partial charge < -0.3 is 15.0 Å². The second kappa shape index (κ2) is 10.6. The van der Waals surface area contributed by atoms with Gasteiger partial charge in [-0.15, -0.1) is 0 Å². The monoisotopic (exact) mass is 394 g/mol. The highest BCUT2D eigenvalue weighted by Crippen LogP contribution is 2.19. The molecule has 154 valence electrons. The molecule has 5 nitrogen and oxygen atoms in total. The van der Waals surface area contributed by atoms with E-state index in [0.717, 1.165) is 36.1 Å². The molecule has 2 amide bonds. The van der Waals surface area contributed by atoms with Gasteiger partial charge in [-0.2, -0.15) is 0 Å². The van der Waals surface area contributed by atoms with E-state index in [-0.39, 0.29) is 17.7 Å². The van der Waals surface area contributed by atoms with Gasteiger partial charge in [0.2, 0.25) is 11.8 Å². The van der Waals surface area contributed by atoms with Gasteiger partial charge in [-0.05, 0) is 42.5 Å². The van der Waals surface area contributed by atoms with Crippen molar-refractivity contribution in [3.63, 3.8) is 0 Å². The van der Waals surface area contributed by atoms with Gasteiger partial charge in [-0.3, -0.25) is 9.59 Å². The Hall–Kier alpha value is -2.82. The van der Waals surface area contributed by atoms with Crippen molar-refractivity contribution < 1.29 is 14.3 Å². The number of piperidine rings is 1. The Bertz CT molecular complexity index is 799. The summed E-state index contributed by atoms with van der Waals surface area (Å²) >= 11 is 0. The summed E-state index contributed by atoms with van der Waals surface area (Å²) in [7, 11) is 0. The molecule has 1 heterocycles. The van der Waals surface area contributed by atoms with Crippen LogP contribution in [0.15, 0.2) is 54.6 Å². The highest BCUT2D eigenvalue weighted by atomic mass is 16.5. The average molecular weight is 395 g/mol. The van der Waals surface area contributed by atoms with Gasteiger partial charge in [0.15, 0.2) is 0 Å². The molecule has 0 radical (unpaired) electrons. The Morgan fingerprint density at radius 2 is 1.76 bits per heavy atom. The zero-order valence-electron chi connectivity index (χ0n) is 17.1. The van der Waals surface area contributed by atoms with Gasteiger partial charge in [0.05, 0.1) is 0 Å². The van der Waals surface area contributed by atoms with E-state index in [1.807, 2.05) is 66.4 Å². The summed E-state index contributed by atoms with van der Waals surface area (Å²) < 4.78 is 5.86. The minimum absolute atomic E-state index is 0.0156. The highest BCUT2D eigenvalue weighted by molar-refractivity contribution is 5.80. The van der Waals surface area contributed by atoms with Crippen molar-refractivity contribution in [2.24, 2.45) is 5.92 Å². The van der Waals surface area contributed by atoms with Crippen LogP contribution in [-0.2, 0) is 22.7 Å². The molecule has 3 rings (SSSR count). The zero-order valence-corrected chi connectivity index (χ0v) is 17.1. The third-order valence-electron chi connectivity index (χ3n) is 5.30. The Labute approximate surface area is 173 Å². The van der Waals surface area contributed by atoms with Gasteiger partial charge in [0.25, 0.3) is 0 Å². The number of rotatable bonds is 8. The third-order valence-corrected chi connectivity index (χ3v) is 5.30. The van der Waals surface area contributed by atoms with Gasteiger partial charge in [-0.25, -0.2) is 0 Å². The Kier molecular flexibility index (Phi) is 7.68. The maximum absolute atomic E-state index is 12.5. The summed E-state index contributed by atoms with van der Waals surface area (Å²) in [5, 5.41) is 3.04. The van der Waals surface area contributed by atoms with Crippen molar-refractivity contribution >= 4 is 11.8 Å². The molecule has 0 aliphatic carbocycles. The van der Waals surface area contributed by atoms with Crippen LogP contribution in [0.2, 0.25) is 0 Å². The first-order valence-electron chi connectivity index (χ1n) is 10.5. The summed E-state index contributed by atoms with van der Waals surface area (Å²) in [6.07, 6.45) is 2.94. The van der Waals surface area contributed by atoms with Crippen LogP contribution in [0.4, 0.5) is 0 Å². The molecule has 0 bridgehead atoms. The van der Waals surface area contributed by atoms with Crippen molar-refractivity contribution in [2.75, 3.05) is 13.1 Å². The lowest BCUT2D eigenvalue weighted by molar-refractivity contribution is -0.135. The molecule has 0 aromatic heterocycles. The summed E-state index contributed by atoms with van der Waals surface area (Å²) in [6.45, 7) is 4.38. The second-order valence-electron chi connectivity index (χ2n) is 7.54. The highest BCUT2D eigenvalue weighted by Gasteiger charge is 2.26. The number of amides is 2. The molecule has 1 aliphatic rings. The Balaban J connectivity index is 1.44. The predicted octanol–water partition coefficient (Wildman–Crippen LogP) is 3.92. The van der Waals surface area contributed by atoms with Crippen LogP contribution in [-0.4, -0.2) is 29.8 Å². The summed E-state index contributed by atoms with van der Waals surface area (Å²) in [4.78, 5) is 26.4. The van der Waals surface area contributed by atoms with E-state index >= 15 is 0 Å². The minimum atomic E-state index is -0.0156. The minimum Gasteiger partial charge on any atom is -0.489 e. The van der Waals surface area contributed by atoms with Crippen molar-refractivity contribution in [1.82, 2.24) is 10.2 Å². The van der Waals surface area contributed by atoms with Crippen molar-refractivity contribution in [2.45, 2.75) is 45.8 Å². The lowest BCUT2D eigenvalue weighted by Crippen LogP contribution is -2.42. The van der Waals surface area contributed by atoms with E-state index in [1.54, 1.807) is 0 Å². The van der Waals surface area contributed by atoms with E-state index in [0.29, 0.717) is 32.7 Å². The van der Waals surface area contributed by atoms with Crippen LogP contribution >= 0.6 is 0 Å². The standard InChI is InChI=1S/C24H30N2O3/c1-2-7-23(27)26-14-12-21(13-15-26)24(28)25-17-20-10-6-11-22(16-20)29-18-19-8-4-3-5-9-19/h3-6,8-11,16,21H,2,7,12-15,17-18H2,1H3,(H,25,28). The first-order chi connectivity index (χ1) is 14.2. The summed E-state index contributed by atoms with van der Waals surface area (Å²) in [6, 6.07) is 17.9. The van der Waals surface area contributed by atoms with Crippen molar-refractivity contribution in [1.29, 1.82) is 0 Å². The smallest absolute Gasteiger partial charge is 0.223 e. The Morgan fingerprint density at radius 1 is 1.03 bits per heavy atom. The number of carbonyl (C=O) groups is 2. The number of likely N-dealkylation sites (tertiary alicyclic amines) is 1. The lowest BCUT2D eigenvalue weighted by Gasteiger charge is -2.31. The summed E-state index contributed by atoms with van der Waals surface area (Å²) in [5.41, 5.74) is 2.13. The molecule has 1 aliphatic heterocycles. The molecule has 0 saturated carbocycles.